The number of urea groups is 1. The van der Waals surface area contributed by atoms with Gasteiger partial charge < -0.3 is 14.7 Å². The zero-order chi connectivity index (χ0) is 15.1. The highest BCUT2D eigenvalue weighted by Crippen LogP contribution is 2.15. The summed E-state index contributed by atoms with van der Waals surface area (Å²) in [4.78, 5) is 25.8. The average molecular weight is 280 g/mol. The largest absolute Gasteiger partial charge is 0.480 e. The van der Waals surface area contributed by atoms with Gasteiger partial charge in [0.15, 0.2) is 0 Å². The van der Waals surface area contributed by atoms with Crippen LogP contribution >= 0.6 is 0 Å². The number of carbonyl (C=O) groups excluding carboxylic acids is 1. The Kier molecular flexibility index (Phi) is 5.99. The number of ether oxygens (including phenoxy) is 1. The highest BCUT2D eigenvalue weighted by molar-refractivity contribution is 5.93. The van der Waals surface area contributed by atoms with E-state index in [0.29, 0.717) is 12.3 Å². The van der Waals surface area contributed by atoms with E-state index in [1.807, 2.05) is 31.2 Å². The van der Waals surface area contributed by atoms with Gasteiger partial charge in [-0.05, 0) is 19.1 Å². The van der Waals surface area contributed by atoms with Gasteiger partial charge in [-0.15, -0.1) is 0 Å². The van der Waals surface area contributed by atoms with Crippen LogP contribution in [0.15, 0.2) is 24.3 Å². The first-order valence-corrected chi connectivity index (χ1v) is 6.25. The van der Waals surface area contributed by atoms with Gasteiger partial charge in [0.2, 0.25) is 0 Å². The second-order valence-corrected chi connectivity index (χ2v) is 4.49. The highest BCUT2D eigenvalue weighted by Gasteiger charge is 2.21. The van der Waals surface area contributed by atoms with Crippen LogP contribution in [0.1, 0.15) is 5.56 Å². The summed E-state index contributed by atoms with van der Waals surface area (Å²) >= 11 is 0. The summed E-state index contributed by atoms with van der Waals surface area (Å²) in [5.41, 5.74) is 1.81. The Bertz CT molecular complexity index is 459. The van der Waals surface area contributed by atoms with Crippen molar-refractivity contribution in [1.29, 1.82) is 0 Å². The van der Waals surface area contributed by atoms with E-state index in [2.05, 4.69) is 0 Å². The van der Waals surface area contributed by atoms with Crippen LogP contribution in [0.5, 0.6) is 0 Å². The van der Waals surface area contributed by atoms with Crippen LogP contribution in [0.2, 0.25) is 0 Å². The quantitative estimate of drug-likeness (QED) is 0.859. The molecule has 1 rings (SSSR count). The van der Waals surface area contributed by atoms with Crippen LogP contribution in [-0.4, -0.2) is 55.9 Å². The summed E-state index contributed by atoms with van der Waals surface area (Å²) < 4.78 is 4.90. The van der Waals surface area contributed by atoms with Crippen molar-refractivity contribution < 1.29 is 19.4 Å². The normalized spacial score (nSPS) is 10.2. The molecule has 1 N–H and O–H groups in total. The van der Waals surface area contributed by atoms with Crippen molar-refractivity contribution in [3.05, 3.63) is 29.8 Å². The van der Waals surface area contributed by atoms with Crippen LogP contribution in [0.3, 0.4) is 0 Å². The molecule has 0 aliphatic carbocycles. The van der Waals surface area contributed by atoms with E-state index in [0.717, 1.165) is 5.56 Å². The van der Waals surface area contributed by atoms with Gasteiger partial charge in [0.1, 0.15) is 6.54 Å². The highest BCUT2D eigenvalue weighted by atomic mass is 16.5. The zero-order valence-electron chi connectivity index (χ0n) is 12.0. The van der Waals surface area contributed by atoms with E-state index in [1.54, 1.807) is 7.05 Å². The number of aliphatic carboxylic acids is 1. The summed E-state index contributed by atoms with van der Waals surface area (Å²) in [7, 11) is 3.13. The van der Waals surface area contributed by atoms with Gasteiger partial charge in [0.25, 0.3) is 0 Å². The van der Waals surface area contributed by atoms with Crippen LogP contribution in [-0.2, 0) is 9.53 Å². The van der Waals surface area contributed by atoms with Gasteiger partial charge in [-0.25, -0.2) is 4.79 Å². The molecule has 0 bridgehead atoms. The van der Waals surface area contributed by atoms with E-state index in [-0.39, 0.29) is 19.1 Å². The molecule has 0 spiro atoms. The molecule has 0 aliphatic heterocycles. The molecule has 0 radical (unpaired) electrons. The molecule has 0 unspecified atom stereocenters. The fourth-order valence-corrected chi connectivity index (χ4v) is 1.70. The van der Waals surface area contributed by atoms with E-state index in [4.69, 9.17) is 9.84 Å². The molecule has 110 valence electrons. The molecule has 0 heterocycles. The Balaban J connectivity index is 2.81. The van der Waals surface area contributed by atoms with Gasteiger partial charge in [-0.3, -0.25) is 9.69 Å². The molecule has 1 aromatic carbocycles. The smallest absolute Gasteiger partial charge is 0.324 e. The third-order valence-electron chi connectivity index (χ3n) is 2.87. The number of rotatable bonds is 6. The monoisotopic (exact) mass is 280 g/mol. The number of hydrogen-bond donors (Lipinski definition) is 1. The van der Waals surface area contributed by atoms with Crippen molar-refractivity contribution in [2.75, 3.05) is 38.8 Å². The molecular formula is C14H20N2O4. The first-order valence-electron chi connectivity index (χ1n) is 6.25. The van der Waals surface area contributed by atoms with E-state index in [9.17, 15) is 9.59 Å². The van der Waals surface area contributed by atoms with Gasteiger partial charge in [-0.2, -0.15) is 0 Å². The van der Waals surface area contributed by atoms with Crippen molar-refractivity contribution in [3.8, 4) is 0 Å². The van der Waals surface area contributed by atoms with Crippen LogP contribution in [0.25, 0.3) is 0 Å². The number of carboxylic acid groups (broad SMARTS) is 1. The molecule has 0 aromatic heterocycles. The molecule has 0 atom stereocenters. The predicted molar refractivity (Wildman–Crippen MR) is 76.1 cm³/mol. The van der Waals surface area contributed by atoms with Crippen molar-refractivity contribution >= 4 is 17.7 Å². The molecule has 6 heteroatoms. The molecule has 6 nitrogen and oxygen atoms in total. The summed E-state index contributed by atoms with van der Waals surface area (Å²) in [6, 6.07) is 7.07. The van der Waals surface area contributed by atoms with Crippen molar-refractivity contribution in [2.45, 2.75) is 6.92 Å². The number of aryl methyl sites for hydroxylation is 1. The lowest BCUT2D eigenvalue weighted by atomic mass is 10.2. The summed E-state index contributed by atoms with van der Waals surface area (Å²) in [6.07, 6.45) is 0. The number of methoxy groups -OCH3 is 1. The molecule has 1 aromatic rings. The number of carbonyl (C=O) groups is 2. The predicted octanol–water partition coefficient (Wildman–Crippen LogP) is 1.58. The number of amides is 2. The molecule has 20 heavy (non-hydrogen) atoms. The third kappa shape index (κ3) is 4.55. The Hall–Kier alpha value is -2.08. The topological polar surface area (TPSA) is 70.1 Å². The minimum atomic E-state index is -1.05. The molecule has 0 saturated heterocycles. The van der Waals surface area contributed by atoms with Crippen LogP contribution in [0.4, 0.5) is 10.5 Å². The van der Waals surface area contributed by atoms with Crippen LogP contribution in [0, 0.1) is 6.92 Å². The Morgan fingerprint density at radius 2 is 1.85 bits per heavy atom. The maximum Gasteiger partial charge on any atom is 0.324 e. The number of carboxylic acids is 1. The molecule has 0 aliphatic rings. The SMILES string of the molecule is COCCN(CC(=O)O)C(=O)N(C)c1ccc(C)cc1. The number of hydrogen-bond acceptors (Lipinski definition) is 3. The minimum absolute atomic E-state index is 0.234. The summed E-state index contributed by atoms with van der Waals surface area (Å²) in [6.45, 7) is 2.14. The van der Waals surface area contributed by atoms with Crippen molar-refractivity contribution in [2.24, 2.45) is 0 Å². The molecule has 0 fully saturated rings. The second-order valence-electron chi connectivity index (χ2n) is 4.49. The maximum absolute atomic E-state index is 12.3. The Labute approximate surface area is 118 Å². The number of anilines is 1. The first-order chi connectivity index (χ1) is 9.45. The zero-order valence-corrected chi connectivity index (χ0v) is 12.0. The fourth-order valence-electron chi connectivity index (χ4n) is 1.70. The first kappa shape index (κ1) is 16.0. The summed E-state index contributed by atoms with van der Waals surface area (Å²) in [5, 5.41) is 8.87. The number of benzene rings is 1. The van der Waals surface area contributed by atoms with Gasteiger partial charge in [0, 0.05) is 26.4 Å². The van der Waals surface area contributed by atoms with Crippen LogP contribution < -0.4 is 4.90 Å². The van der Waals surface area contributed by atoms with E-state index >= 15 is 0 Å². The molecule has 0 saturated carbocycles. The molecule has 2 amide bonds. The van der Waals surface area contributed by atoms with E-state index in [1.165, 1.54) is 16.9 Å². The van der Waals surface area contributed by atoms with Gasteiger partial charge in [0.05, 0.1) is 6.61 Å². The number of nitrogens with zero attached hydrogens (tertiary/aromatic N) is 2. The standard InChI is InChI=1S/C14H20N2O4/c1-11-4-6-12(7-5-11)15(2)14(19)16(8-9-20-3)10-13(17)18/h4-7H,8-10H2,1-3H3,(H,17,18). The van der Waals surface area contributed by atoms with Gasteiger partial charge >= 0.3 is 12.0 Å². The third-order valence-corrected chi connectivity index (χ3v) is 2.87. The fraction of sp³-hybridized carbons (Fsp3) is 0.429. The average Bonchev–Trinajstić information content (AvgIpc) is 2.42. The summed E-state index contributed by atoms with van der Waals surface area (Å²) in [5.74, 6) is -1.05. The molecular weight excluding hydrogens is 260 g/mol. The van der Waals surface area contributed by atoms with Gasteiger partial charge in [-0.1, -0.05) is 17.7 Å². The minimum Gasteiger partial charge on any atom is -0.480 e. The lowest BCUT2D eigenvalue weighted by Gasteiger charge is -2.27. The van der Waals surface area contributed by atoms with Crippen molar-refractivity contribution in [3.63, 3.8) is 0 Å². The lowest BCUT2D eigenvalue weighted by molar-refractivity contribution is -0.137. The Morgan fingerprint density at radius 1 is 1.25 bits per heavy atom. The Morgan fingerprint density at radius 3 is 2.35 bits per heavy atom. The van der Waals surface area contributed by atoms with Crippen molar-refractivity contribution in [1.82, 2.24) is 4.90 Å². The van der Waals surface area contributed by atoms with E-state index < -0.39 is 5.97 Å². The lowest BCUT2D eigenvalue weighted by Crippen LogP contribution is -2.45. The maximum atomic E-state index is 12.3. The second kappa shape index (κ2) is 7.49.